The molecule has 0 saturated carbocycles. The molecule has 0 heterocycles. The quantitative estimate of drug-likeness (QED) is 0.723. The van der Waals surface area contributed by atoms with Gasteiger partial charge >= 0.3 is 0 Å². The summed E-state index contributed by atoms with van der Waals surface area (Å²) in [4.78, 5) is 0. The summed E-state index contributed by atoms with van der Waals surface area (Å²) >= 11 is 3.43. The lowest BCUT2D eigenvalue weighted by atomic mass is 10.2. The number of benzene rings is 1. The number of rotatable bonds is 7. The van der Waals surface area contributed by atoms with Crippen LogP contribution in [-0.2, 0) is 16.1 Å². The summed E-state index contributed by atoms with van der Waals surface area (Å²) in [5, 5.41) is 0. The highest BCUT2D eigenvalue weighted by Crippen LogP contribution is 2.23. The van der Waals surface area contributed by atoms with Gasteiger partial charge in [0.2, 0.25) is 0 Å². The van der Waals surface area contributed by atoms with Gasteiger partial charge in [0.1, 0.15) is 5.75 Å². The fourth-order valence-electron chi connectivity index (χ4n) is 1.38. The van der Waals surface area contributed by atoms with E-state index in [9.17, 15) is 0 Å². The minimum Gasteiger partial charge on any atom is -0.496 e. The summed E-state index contributed by atoms with van der Waals surface area (Å²) in [5.41, 5.74) is 1.03. The number of ether oxygens (including phenoxy) is 3. The topological polar surface area (TPSA) is 27.7 Å². The lowest BCUT2D eigenvalue weighted by Gasteiger charge is -2.11. The molecule has 0 aromatic heterocycles. The van der Waals surface area contributed by atoms with E-state index >= 15 is 0 Å². The van der Waals surface area contributed by atoms with Crippen molar-refractivity contribution in [2.75, 3.05) is 20.3 Å². The average molecular weight is 303 g/mol. The third kappa shape index (κ3) is 5.52. The van der Waals surface area contributed by atoms with E-state index in [1.54, 1.807) is 7.11 Å². The standard InChI is InChI=1S/C13H19BrO3/c1-10(2)17-7-6-16-9-11-8-12(14)4-5-13(11)15-3/h4-5,8,10H,6-7,9H2,1-3H3. The molecule has 0 bridgehead atoms. The Balaban J connectivity index is 2.37. The average Bonchev–Trinajstić information content (AvgIpc) is 2.28. The van der Waals surface area contributed by atoms with E-state index < -0.39 is 0 Å². The van der Waals surface area contributed by atoms with Crippen molar-refractivity contribution >= 4 is 15.9 Å². The Hall–Kier alpha value is -0.580. The molecule has 0 spiro atoms. The first-order valence-corrected chi connectivity index (χ1v) is 6.44. The maximum Gasteiger partial charge on any atom is 0.124 e. The Morgan fingerprint density at radius 2 is 2.00 bits per heavy atom. The third-order valence-corrected chi connectivity index (χ3v) is 2.67. The molecule has 0 fully saturated rings. The molecule has 0 radical (unpaired) electrons. The van der Waals surface area contributed by atoms with Crippen molar-refractivity contribution in [1.29, 1.82) is 0 Å². The largest absolute Gasteiger partial charge is 0.496 e. The summed E-state index contributed by atoms with van der Waals surface area (Å²) in [7, 11) is 1.66. The second kappa shape index (κ2) is 7.69. The molecule has 0 aliphatic carbocycles. The van der Waals surface area contributed by atoms with Crippen LogP contribution in [0.15, 0.2) is 22.7 Å². The highest BCUT2D eigenvalue weighted by Gasteiger charge is 2.03. The van der Waals surface area contributed by atoms with Gasteiger partial charge in [0.15, 0.2) is 0 Å². The minimum atomic E-state index is 0.249. The second-order valence-electron chi connectivity index (χ2n) is 3.93. The molecule has 1 rings (SSSR count). The first kappa shape index (κ1) is 14.5. The van der Waals surface area contributed by atoms with Crippen molar-refractivity contribution in [2.45, 2.75) is 26.6 Å². The van der Waals surface area contributed by atoms with Crippen LogP contribution in [0.3, 0.4) is 0 Å². The van der Waals surface area contributed by atoms with Crippen LogP contribution in [0.2, 0.25) is 0 Å². The highest BCUT2D eigenvalue weighted by atomic mass is 79.9. The normalized spacial score (nSPS) is 10.9. The van der Waals surface area contributed by atoms with Gasteiger partial charge in [-0.25, -0.2) is 0 Å². The molecule has 0 aliphatic heterocycles. The molecule has 0 saturated heterocycles. The predicted molar refractivity (Wildman–Crippen MR) is 71.4 cm³/mol. The Bertz CT molecular complexity index is 339. The predicted octanol–water partition coefficient (Wildman–Crippen LogP) is 3.40. The van der Waals surface area contributed by atoms with E-state index in [0.717, 1.165) is 15.8 Å². The Morgan fingerprint density at radius 3 is 2.65 bits per heavy atom. The first-order chi connectivity index (χ1) is 8.13. The van der Waals surface area contributed by atoms with Crippen LogP contribution in [0.25, 0.3) is 0 Å². The monoisotopic (exact) mass is 302 g/mol. The van der Waals surface area contributed by atoms with Crippen LogP contribution in [-0.4, -0.2) is 26.4 Å². The molecule has 1 aromatic carbocycles. The van der Waals surface area contributed by atoms with Crippen LogP contribution >= 0.6 is 15.9 Å². The molecule has 1 aromatic rings. The Morgan fingerprint density at radius 1 is 1.24 bits per heavy atom. The third-order valence-electron chi connectivity index (χ3n) is 2.18. The van der Waals surface area contributed by atoms with Crippen LogP contribution in [0.4, 0.5) is 0 Å². The molecule has 3 nitrogen and oxygen atoms in total. The van der Waals surface area contributed by atoms with Crippen molar-refractivity contribution in [3.05, 3.63) is 28.2 Å². The summed E-state index contributed by atoms with van der Waals surface area (Å²) in [6.07, 6.45) is 0.249. The van der Waals surface area contributed by atoms with Crippen LogP contribution in [0.5, 0.6) is 5.75 Å². The van der Waals surface area contributed by atoms with Gasteiger partial charge in [0.05, 0.1) is 33.0 Å². The summed E-state index contributed by atoms with van der Waals surface area (Å²) in [6, 6.07) is 5.87. The van der Waals surface area contributed by atoms with Crippen molar-refractivity contribution in [1.82, 2.24) is 0 Å². The van der Waals surface area contributed by atoms with Crippen molar-refractivity contribution < 1.29 is 14.2 Å². The maximum atomic E-state index is 5.54. The molecule has 96 valence electrons. The van der Waals surface area contributed by atoms with E-state index in [1.165, 1.54) is 0 Å². The van der Waals surface area contributed by atoms with Gasteiger partial charge in [0.25, 0.3) is 0 Å². The van der Waals surface area contributed by atoms with Gasteiger partial charge in [0, 0.05) is 10.0 Å². The van der Waals surface area contributed by atoms with E-state index in [1.807, 2.05) is 32.0 Å². The summed E-state index contributed by atoms with van der Waals surface area (Å²) < 4.78 is 17.2. The van der Waals surface area contributed by atoms with E-state index in [4.69, 9.17) is 14.2 Å². The van der Waals surface area contributed by atoms with Crippen molar-refractivity contribution in [2.24, 2.45) is 0 Å². The molecular weight excluding hydrogens is 284 g/mol. The number of hydrogen-bond donors (Lipinski definition) is 0. The second-order valence-corrected chi connectivity index (χ2v) is 4.84. The molecule has 0 amide bonds. The van der Waals surface area contributed by atoms with Gasteiger partial charge in [-0.3, -0.25) is 0 Å². The van der Waals surface area contributed by atoms with E-state index in [0.29, 0.717) is 19.8 Å². The summed E-state index contributed by atoms with van der Waals surface area (Å²) in [5.74, 6) is 0.845. The molecule has 0 N–H and O–H groups in total. The minimum absolute atomic E-state index is 0.249. The van der Waals surface area contributed by atoms with Crippen molar-refractivity contribution in [3.63, 3.8) is 0 Å². The molecular formula is C13H19BrO3. The molecule has 0 atom stereocenters. The van der Waals surface area contributed by atoms with E-state index in [2.05, 4.69) is 15.9 Å². The highest BCUT2D eigenvalue weighted by molar-refractivity contribution is 9.10. The molecule has 0 unspecified atom stereocenters. The van der Waals surface area contributed by atoms with Gasteiger partial charge in [-0.1, -0.05) is 15.9 Å². The lowest BCUT2D eigenvalue weighted by Crippen LogP contribution is -2.09. The van der Waals surface area contributed by atoms with Gasteiger partial charge < -0.3 is 14.2 Å². The Labute approximate surface area is 111 Å². The molecule has 17 heavy (non-hydrogen) atoms. The van der Waals surface area contributed by atoms with Crippen LogP contribution in [0.1, 0.15) is 19.4 Å². The zero-order valence-electron chi connectivity index (χ0n) is 10.5. The fraction of sp³-hybridized carbons (Fsp3) is 0.538. The summed E-state index contributed by atoms with van der Waals surface area (Å²) in [6.45, 7) is 5.76. The fourth-order valence-corrected chi connectivity index (χ4v) is 1.79. The van der Waals surface area contributed by atoms with E-state index in [-0.39, 0.29) is 6.10 Å². The smallest absolute Gasteiger partial charge is 0.124 e. The number of methoxy groups -OCH3 is 1. The SMILES string of the molecule is COc1ccc(Br)cc1COCCOC(C)C. The van der Waals surface area contributed by atoms with Gasteiger partial charge in [-0.15, -0.1) is 0 Å². The maximum absolute atomic E-state index is 5.54. The molecule has 0 aliphatic rings. The first-order valence-electron chi connectivity index (χ1n) is 5.65. The Kier molecular flexibility index (Phi) is 6.55. The lowest BCUT2D eigenvalue weighted by molar-refractivity contribution is 0.0139. The van der Waals surface area contributed by atoms with Gasteiger partial charge in [-0.05, 0) is 32.0 Å². The number of hydrogen-bond acceptors (Lipinski definition) is 3. The van der Waals surface area contributed by atoms with Crippen LogP contribution < -0.4 is 4.74 Å². The zero-order chi connectivity index (χ0) is 12.7. The van der Waals surface area contributed by atoms with Crippen LogP contribution in [0, 0.1) is 0 Å². The zero-order valence-corrected chi connectivity index (χ0v) is 12.1. The molecule has 4 heteroatoms. The van der Waals surface area contributed by atoms with Crippen molar-refractivity contribution in [3.8, 4) is 5.75 Å². The number of halogens is 1. The van der Waals surface area contributed by atoms with Gasteiger partial charge in [-0.2, -0.15) is 0 Å².